The summed E-state index contributed by atoms with van der Waals surface area (Å²) in [7, 11) is 0. The van der Waals surface area contributed by atoms with E-state index in [0.29, 0.717) is 25.1 Å². The Kier molecular flexibility index (Phi) is 4.55. The molecule has 7 heteroatoms. The number of esters is 1. The van der Waals surface area contributed by atoms with Crippen molar-refractivity contribution in [2.45, 2.75) is 25.5 Å². The third-order valence-corrected chi connectivity index (χ3v) is 5.99. The number of hydrogen-bond donors (Lipinski definition) is 0. The highest BCUT2D eigenvalue weighted by Crippen LogP contribution is 2.30. The van der Waals surface area contributed by atoms with E-state index in [2.05, 4.69) is 9.88 Å². The topological polar surface area (TPSA) is 67.2 Å². The number of cyclic esters (lactones) is 1. The highest BCUT2D eigenvalue weighted by molar-refractivity contribution is 5.97. The lowest BCUT2D eigenvalue weighted by atomic mass is 9.88. The summed E-state index contributed by atoms with van der Waals surface area (Å²) in [5.41, 5.74) is 2.24. The second kappa shape index (κ2) is 7.25. The van der Waals surface area contributed by atoms with Gasteiger partial charge in [-0.25, -0.2) is 9.78 Å². The molecule has 30 heavy (non-hydrogen) atoms. The van der Waals surface area contributed by atoms with Crippen LogP contribution in [0.4, 0.5) is 0 Å². The van der Waals surface area contributed by atoms with E-state index in [4.69, 9.17) is 4.74 Å². The lowest BCUT2D eigenvalue weighted by molar-refractivity contribution is -0.153. The maximum absolute atomic E-state index is 13.2. The predicted molar refractivity (Wildman–Crippen MR) is 111 cm³/mol. The molecule has 0 aliphatic carbocycles. The zero-order valence-electron chi connectivity index (χ0n) is 17.0. The molecule has 2 aromatic heterocycles. The van der Waals surface area contributed by atoms with E-state index in [1.807, 2.05) is 58.1 Å². The van der Waals surface area contributed by atoms with Crippen molar-refractivity contribution >= 4 is 17.5 Å². The van der Waals surface area contributed by atoms with E-state index in [1.54, 1.807) is 13.0 Å². The van der Waals surface area contributed by atoms with Gasteiger partial charge in [-0.1, -0.05) is 24.3 Å². The number of piperazine rings is 1. The van der Waals surface area contributed by atoms with Crippen LogP contribution in [0.5, 0.6) is 0 Å². The molecule has 0 bridgehead atoms. The fourth-order valence-electron chi connectivity index (χ4n) is 4.39. The molecule has 0 saturated carbocycles. The molecule has 0 N–H and O–H groups in total. The van der Waals surface area contributed by atoms with Crippen molar-refractivity contribution < 1.29 is 14.3 Å². The summed E-state index contributed by atoms with van der Waals surface area (Å²) in [5.74, 6) is -0.532. The molecule has 3 aromatic rings. The number of amides is 1. The van der Waals surface area contributed by atoms with Crippen LogP contribution in [-0.4, -0.2) is 62.8 Å². The lowest BCUT2D eigenvalue weighted by Crippen LogP contribution is -2.57. The molecule has 1 unspecified atom stereocenters. The number of carbonyl (C=O) groups excluding carboxylic acids is 2. The van der Waals surface area contributed by atoms with Crippen molar-refractivity contribution in [3.05, 3.63) is 71.7 Å². The van der Waals surface area contributed by atoms with Gasteiger partial charge < -0.3 is 14.0 Å². The number of ether oxygens (including phenoxy) is 1. The fourth-order valence-corrected chi connectivity index (χ4v) is 4.39. The largest absolute Gasteiger partial charge is 0.445 e. The minimum Gasteiger partial charge on any atom is -0.445 e. The predicted octanol–water partition coefficient (Wildman–Crippen LogP) is 2.15. The maximum atomic E-state index is 13.2. The molecule has 1 atom stereocenters. The molecule has 2 aliphatic rings. The van der Waals surface area contributed by atoms with Crippen molar-refractivity contribution in [1.29, 1.82) is 0 Å². The summed E-state index contributed by atoms with van der Waals surface area (Å²) in [6.07, 6.45) is 4.45. The average molecular weight is 404 g/mol. The van der Waals surface area contributed by atoms with Gasteiger partial charge in [0, 0.05) is 51.5 Å². The van der Waals surface area contributed by atoms with Crippen LogP contribution in [0.3, 0.4) is 0 Å². The third-order valence-electron chi connectivity index (χ3n) is 5.99. The van der Waals surface area contributed by atoms with E-state index in [1.165, 1.54) is 0 Å². The van der Waals surface area contributed by atoms with Gasteiger partial charge in [-0.3, -0.25) is 9.69 Å². The first kappa shape index (κ1) is 18.8. The number of imidazole rings is 1. The number of fused-ring (bicyclic) bond motifs is 2. The van der Waals surface area contributed by atoms with Crippen molar-refractivity contribution in [2.24, 2.45) is 0 Å². The van der Waals surface area contributed by atoms with Gasteiger partial charge in [-0.05, 0) is 30.7 Å². The Bertz CT molecular complexity index is 1080. The molecule has 7 nitrogen and oxygen atoms in total. The van der Waals surface area contributed by atoms with Crippen molar-refractivity contribution in [2.75, 3.05) is 26.2 Å². The normalized spacial score (nSPS) is 22.0. The third kappa shape index (κ3) is 3.35. The zero-order chi connectivity index (χ0) is 20.7. The molecular weight excluding hydrogens is 380 g/mol. The first-order chi connectivity index (χ1) is 14.5. The van der Waals surface area contributed by atoms with Gasteiger partial charge in [0.15, 0.2) is 5.60 Å². The van der Waals surface area contributed by atoms with Crippen LogP contribution in [-0.2, 0) is 22.5 Å². The number of aromatic nitrogens is 2. The van der Waals surface area contributed by atoms with Gasteiger partial charge in [-0.15, -0.1) is 0 Å². The number of benzene rings is 1. The molecule has 2 aliphatic heterocycles. The summed E-state index contributed by atoms with van der Waals surface area (Å²) < 4.78 is 7.63. The Labute approximate surface area is 174 Å². The smallest absolute Gasteiger partial charge is 0.339 e. The van der Waals surface area contributed by atoms with Crippen molar-refractivity contribution in [3.63, 3.8) is 0 Å². The maximum Gasteiger partial charge on any atom is 0.339 e. The molecule has 1 fully saturated rings. The molecule has 0 radical (unpaired) electrons. The molecule has 1 aromatic carbocycles. The van der Waals surface area contributed by atoms with Crippen LogP contribution in [0.1, 0.15) is 28.5 Å². The van der Waals surface area contributed by atoms with E-state index < -0.39 is 11.6 Å². The number of rotatable bonds is 3. The standard InChI is InChI=1S/C23H24N4O3/c1-23(14-17-6-2-3-7-19(17)21(28)30-23)22(29)26-12-10-25(11-13-26)15-18-16-27-9-5-4-8-20(27)24-18/h2-9,16H,10-15H2,1H3. The van der Waals surface area contributed by atoms with Crippen LogP contribution in [0.2, 0.25) is 0 Å². The molecule has 4 heterocycles. The van der Waals surface area contributed by atoms with E-state index >= 15 is 0 Å². The SMILES string of the molecule is CC1(C(=O)N2CCN(Cc3cn4ccccc4n3)CC2)Cc2ccccc2C(=O)O1. The van der Waals surface area contributed by atoms with Gasteiger partial charge in [-0.2, -0.15) is 0 Å². The first-order valence-corrected chi connectivity index (χ1v) is 10.3. The van der Waals surface area contributed by atoms with Crippen LogP contribution >= 0.6 is 0 Å². The molecule has 0 spiro atoms. The van der Waals surface area contributed by atoms with Crippen LogP contribution < -0.4 is 0 Å². The first-order valence-electron chi connectivity index (χ1n) is 10.3. The molecule has 5 rings (SSSR count). The second-order valence-corrected chi connectivity index (χ2v) is 8.22. The zero-order valence-corrected chi connectivity index (χ0v) is 17.0. The molecule has 154 valence electrons. The van der Waals surface area contributed by atoms with Crippen LogP contribution in [0.25, 0.3) is 5.65 Å². The van der Waals surface area contributed by atoms with Crippen molar-refractivity contribution in [3.8, 4) is 0 Å². The summed E-state index contributed by atoms with van der Waals surface area (Å²) in [6, 6.07) is 13.3. The Morgan fingerprint density at radius 1 is 1.10 bits per heavy atom. The van der Waals surface area contributed by atoms with Gasteiger partial charge in [0.25, 0.3) is 5.91 Å². The minimum atomic E-state index is -1.14. The van der Waals surface area contributed by atoms with Crippen LogP contribution in [0.15, 0.2) is 54.9 Å². The van der Waals surface area contributed by atoms with Crippen LogP contribution in [0, 0.1) is 0 Å². The molecular formula is C23H24N4O3. The Morgan fingerprint density at radius 3 is 2.67 bits per heavy atom. The van der Waals surface area contributed by atoms with E-state index in [0.717, 1.165) is 36.5 Å². The summed E-state index contributed by atoms with van der Waals surface area (Å²) in [6.45, 7) is 5.23. The highest BCUT2D eigenvalue weighted by Gasteiger charge is 2.45. The lowest BCUT2D eigenvalue weighted by Gasteiger charge is -2.40. The summed E-state index contributed by atoms with van der Waals surface area (Å²) >= 11 is 0. The molecule has 1 amide bonds. The number of pyridine rings is 1. The number of hydrogen-bond acceptors (Lipinski definition) is 5. The highest BCUT2D eigenvalue weighted by atomic mass is 16.6. The van der Waals surface area contributed by atoms with Gasteiger partial charge in [0.1, 0.15) is 5.65 Å². The Morgan fingerprint density at radius 2 is 1.87 bits per heavy atom. The Balaban J connectivity index is 1.23. The van der Waals surface area contributed by atoms with E-state index in [9.17, 15) is 9.59 Å². The summed E-state index contributed by atoms with van der Waals surface area (Å²) in [4.78, 5) is 34.4. The van der Waals surface area contributed by atoms with Crippen molar-refractivity contribution in [1.82, 2.24) is 19.2 Å². The second-order valence-electron chi connectivity index (χ2n) is 8.22. The Hall–Kier alpha value is -3.19. The van der Waals surface area contributed by atoms with E-state index in [-0.39, 0.29) is 5.91 Å². The van der Waals surface area contributed by atoms with Gasteiger partial charge >= 0.3 is 5.97 Å². The average Bonchev–Trinajstić information content (AvgIpc) is 3.16. The number of nitrogens with zero attached hydrogens (tertiary/aromatic N) is 4. The summed E-state index contributed by atoms with van der Waals surface area (Å²) in [5, 5.41) is 0. The fraction of sp³-hybridized carbons (Fsp3) is 0.348. The van der Waals surface area contributed by atoms with Gasteiger partial charge in [0.05, 0.1) is 11.3 Å². The molecule has 1 saturated heterocycles. The number of carbonyl (C=O) groups is 2. The quantitative estimate of drug-likeness (QED) is 0.626. The monoisotopic (exact) mass is 404 g/mol. The van der Waals surface area contributed by atoms with Gasteiger partial charge in [0.2, 0.25) is 0 Å². The minimum absolute atomic E-state index is 0.113.